The van der Waals surface area contributed by atoms with Gasteiger partial charge in [0.1, 0.15) is 0 Å². The summed E-state index contributed by atoms with van der Waals surface area (Å²) < 4.78 is 0. The first-order chi connectivity index (χ1) is 5.68. The quantitative estimate of drug-likeness (QED) is 0.652. The van der Waals surface area contributed by atoms with E-state index >= 15 is 0 Å². The molecule has 0 saturated carbocycles. The fraction of sp³-hybridized carbons (Fsp3) is 0.143. The summed E-state index contributed by atoms with van der Waals surface area (Å²) in [6.45, 7) is 0. The Hall–Kier alpha value is -0.870. The molecule has 0 aromatic carbocycles. The Balaban J connectivity index is 2.57. The Morgan fingerprint density at radius 2 is 2.25 bits per heavy atom. The third-order valence-electron chi connectivity index (χ3n) is 1.58. The van der Waals surface area contributed by atoms with Gasteiger partial charge in [-0.05, 0) is 0 Å². The predicted octanol–water partition coefficient (Wildman–Crippen LogP) is 1.93. The summed E-state index contributed by atoms with van der Waals surface area (Å²) >= 11 is 7.00. The average molecular weight is 202 g/mol. The van der Waals surface area contributed by atoms with E-state index in [-0.39, 0.29) is 18.1 Å². The smallest absolute Gasteiger partial charge is 0.232 e. The number of rotatable bonds is 0. The SMILES string of the molecule is O=C1CC(=O)c2scc(Cl)c2N1. The lowest BCUT2D eigenvalue weighted by atomic mass is 10.1. The van der Waals surface area contributed by atoms with Crippen LogP contribution < -0.4 is 5.32 Å². The van der Waals surface area contributed by atoms with E-state index in [0.29, 0.717) is 15.6 Å². The first-order valence-electron chi connectivity index (χ1n) is 3.28. The van der Waals surface area contributed by atoms with E-state index in [1.165, 1.54) is 11.3 Å². The number of carbonyl (C=O) groups excluding carboxylic acids is 2. The van der Waals surface area contributed by atoms with Crippen molar-refractivity contribution in [3.63, 3.8) is 0 Å². The molecule has 0 aliphatic carbocycles. The number of fused-ring (bicyclic) bond motifs is 1. The molecule has 62 valence electrons. The molecular formula is C7H4ClNO2S. The number of halogens is 1. The van der Waals surface area contributed by atoms with Crippen LogP contribution in [-0.4, -0.2) is 11.7 Å². The molecule has 0 bridgehead atoms. The van der Waals surface area contributed by atoms with Gasteiger partial charge in [-0.15, -0.1) is 11.3 Å². The van der Waals surface area contributed by atoms with Gasteiger partial charge in [-0.2, -0.15) is 0 Å². The maximum atomic E-state index is 11.2. The van der Waals surface area contributed by atoms with Crippen molar-refractivity contribution in [2.75, 3.05) is 5.32 Å². The minimum Gasteiger partial charge on any atom is -0.323 e. The monoisotopic (exact) mass is 201 g/mol. The largest absolute Gasteiger partial charge is 0.323 e. The highest BCUT2D eigenvalue weighted by molar-refractivity contribution is 7.13. The molecule has 0 fully saturated rings. The zero-order valence-electron chi connectivity index (χ0n) is 5.89. The lowest BCUT2D eigenvalue weighted by Gasteiger charge is -2.10. The van der Waals surface area contributed by atoms with Crippen LogP contribution in [0.3, 0.4) is 0 Å². The molecule has 5 heteroatoms. The van der Waals surface area contributed by atoms with E-state index in [1.54, 1.807) is 5.38 Å². The second-order valence-corrected chi connectivity index (χ2v) is 3.72. The summed E-state index contributed by atoms with van der Waals surface area (Å²) in [7, 11) is 0. The molecule has 1 aliphatic heterocycles. The summed E-state index contributed by atoms with van der Waals surface area (Å²) in [6.07, 6.45) is -0.0656. The van der Waals surface area contributed by atoms with Gasteiger partial charge in [0.05, 0.1) is 22.0 Å². The average Bonchev–Trinajstić information content (AvgIpc) is 2.33. The molecule has 0 spiro atoms. The lowest BCUT2D eigenvalue weighted by molar-refractivity contribution is -0.115. The van der Waals surface area contributed by atoms with Gasteiger partial charge < -0.3 is 5.32 Å². The molecule has 0 unspecified atom stereocenters. The number of nitrogens with one attached hydrogen (secondary N) is 1. The molecule has 12 heavy (non-hydrogen) atoms. The van der Waals surface area contributed by atoms with Crippen molar-refractivity contribution in [2.45, 2.75) is 6.42 Å². The summed E-state index contributed by atoms with van der Waals surface area (Å²) in [6, 6.07) is 0. The van der Waals surface area contributed by atoms with E-state index < -0.39 is 0 Å². The van der Waals surface area contributed by atoms with E-state index in [0.717, 1.165) is 0 Å². The molecule has 2 rings (SSSR count). The highest BCUT2D eigenvalue weighted by Gasteiger charge is 2.25. The van der Waals surface area contributed by atoms with Gasteiger partial charge in [-0.3, -0.25) is 9.59 Å². The fourth-order valence-electron chi connectivity index (χ4n) is 1.07. The second-order valence-electron chi connectivity index (χ2n) is 2.44. The maximum absolute atomic E-state index is 11.2. The van der Waals surface area contributed by atoms with Crippen molar-refractivity contribution in [3.8, 4) is 0 Å². The maximum Gasteiger partial charge on any atom is 0.232 e. The fourth-order valence-corrected chi connectivity index (χ4v) is 2.22. The van der Waals surface area contributed by atoms with Gasteiger partial charge in [0.25, 0.3) is 0 Å². The number of ketones is 1. The predicted molar refractivity (Wildman–Crippen MR) is 46.9 cm³/mol. The summed E-state index contributed by atoms with van der Waals surface area (Å²) in [4.78, 5) is 22.7. The molecule has 0 saturated heterocycles. The number of hydrogen-bond acceptors (Lipinski definition) is 3. The van der Waals surface area contributed by atoms with Crippen LogP contribution in [0.1, 0.15) is 16.1 Å². The molecule has 1 amide bonds. The van der Waals surface area contributed by atoms with Crippen LogP contribution >= 0.6 is 22.9 Å². The molecule has 1 aliphatic rings. The molecular weight excluding hydrogens is 198 g/mol. The standard InChI is InChI=1S/C7H4ClNO2S/c8-3-2-12-7-4(10)1-5(11)9-6(3)7/h2H,1H2,(H,9,11). The Morgan fingerprint density at radius 1 is 1.50 bits per heavy atom. The lowest BCUT2D eigenvalue weighted by Crippen LogP contribution is -2.22. The molecule has 0 radical (unpaired) electrons. The van der Waals surface area contributed by atoms with Gasteiger partial charge in [0.2, 0.25) is 5.91 Å². The van der Waals surface area contributed by atoms with Crippen LogP contribution in [0.15, 0.2) is 5.38 Å². The third-order valence-corrected chi connectivity index (χ3v) is 3.03. The van der Waals surface area contributed by atoms with Gasteiger partial charge in [0, 0.05) is 5.38 Å². The van der Waals surface area contributed by atoms with Gasteiger partial charge >= 0.3 is 0 Å². The van der Waals surface area contributed by atoms with Crippen molar-refractivity contribution in [3.05, 3.63) is 15.3 Å². The number of thiophene rings is 1. The molecule has 1 N–H and O–H groups in total. The number of Topliss-reactive ketones (excluding diaryl/α,β-unsaturated/α-hetero) is 1. The molecule has 1 aromatic heterocycles. The van der Waals surface area contributed by atoms with Crippen molar-refractivity contribution >= 4 is 40.3 Å². The van der Waals surface area contributed by atoms with E-state index in [4.69, 9.17) is 11.6 Å². The number of anilines is 1. The van der Waals surface area contributed by atoms with Crippen molar-refractivity contribution < 1.29 is 9.59 Å². The van der Waals surface area contributed by atoms with Crippen molar-refractivity contribution in [2.24, 2.45) is 0 Å². The third kappa shape index (κ3) is 1.04. The van der Waals surface area contributed by atoms with Crippen LogP contribution in [0.4, 0.5) is 5.69 Å². The molecule has 1 aromatic rings. The minimum absolute atomic E-state index is 0.0656. The topological polar surface area (TPSA) is 46.2 Å². The summed E-state index contributed by atoms with van der Waals surface area (Å²) in [5, 5.41) is 4.65. The van der Waals surface area contributed by atoms with Crippen LogP contribution in [0.5, 0.6) is 0 Å². The van der Waals surface area contributed by atoms with Crippen molar-refractivity contribution in [1.82, 2.24) is 0 Å². The van der Waals surface area contributed by atoms with Crippen LogP contribution in [0, 0.1) is 0 Å². The Bertz CT molecular complexity index is 371. The summed E-state index contributed by atoms with van der Waals surface area (Å²) in [5.74, 6) is -0.432. The van der Waals surface area contributed by atoms with E-state index in [2.05, 4.69) is 5.32 Å². The van der Waals surface area contributed by atoms with Gasteiger partial charge in [0.15, 0.2) is 5.78 Å². The number of carbonyl (C=O) groups is 2. The Labute approximate surface area is 77.3 Å². The van der Waals surface area contributed by atoms with E-state index in [1.807, 2.05) is 0 Å². The normalized spacial score (nSPS) is 15.8. The molecule has 2 heterocycles. The first-order valence-corrected chi connectivity index (χ1v) is 4.54. The zero-order chi connectivity index (χ0) is 8.72. The Kier molecular flexibility index (Phi) is 1.66. The highest BCUT2D eigenvalue weighted by atomic mass is 35.5. The second kappa shape index (κ2) is 2.57. The first kappa shape index (κ1) is 7.76. The van der Waals surface area contributed by atoms with Gasteiger partial charge in [-0.25, -0.2) is 0 Å². The Morgan fingerprint density at radius 3 is 3.00 bits per heavy atom. The van der Waals surface area contributed by atoms with Crippen LogP contribution in [0.2, 0.25) is 5.02 Å². The van der Waals surface area contributed by atoms with Gasteiger partial charge in [-0.1, -0.05) is 11.6 Å². The number of hydrogen-bond donors (Lipinski definition) is 1. The zero-order valence-corrected chi connectivity index (χ0v) is 7.46. The minimum atomic E-state index is -0.284. The van der Waals surface area contributed by atoms with Crippen LogP contribution in [0.25, 0.3) is 0 Å². The van der Waals surface area contributed by atoms with Crippen LogP contribution in [-0.2, 0) is 4.79 Å². The summed E-state index contributed by atoms with van der Waals surface area (Å²) in [5.41, 5.74) is 0.475. The highest BCUT2D eigenvalue weighted by Crippen LogP contribution is 2.35. The number of amides is 1. The molecule has 3 nitrogen and oxygen atoms in total. The van der Waals surface area contributed by atoms with E-state index in [9.17, 15) is 9.59 Å². The molecule has 0 atom stereocenters. The van der Waals surface area contributed by atoms with Crippen molar-refractivity contribution in [1.29, 1.82) is 0 Å².